The van der Waals surface area contributed by atoms with Crippen molar-refractivity contribution in [2.24, 2.45) is 0 Å². The maximum Gasteiger partial charge on any atom is 0.325 e. The van der Waals surface area contributed by atoms with Gasteiger partial charge in [-0.2, -0.15) is 10.2 Å². The van der Waals surface area contributed by atoms with Crippen molar-refractivity contribution in [3.8, 4) is 0 Å². The third-order valence-electron chi connectivity index (χ3n) is 4.40. The van der Waals surface area contributed by atoms with Crippen molar-refractivity contribution >= 4 is 23.5 Å². The van der Waals surface area contributed by atoms with Crippen LogP contribution in [0.1, 0.15) is 41.9 Å². The molecule has 1 N–H and O–H groups in total. The minimum atomic E-state index is -0.939. The largest absolute Gasteiger partial charge is 0.480 e. The molecule has 1 saturated heterocycles. The van der Waals surface area contributed by atoms with Crippen LogP contribution >= 0.6 is 11.6 Å². The summed E-state index contributed by atoms with van der Waals surface area (Å²) < 4.78 is 3.12. The normalized spacial score (nSPS) is 17.7. The van der Waals surface area contributed by atoms with Crippen LogP contribution in [0, 0.1) is 0 Å². The molecule has 2 aromatic heterocycles. The number of likely N-dealkylation sites (tertiary alicyclic amines) is 1. The van der Waals surface area contributed by atoms with Gasteiger partial charge < -0.3 is 10.0 Å². The molecule has 1 atom stereocenters. The van der Waals surface area contributed by atoms with E-state index in [9.17, 15) is 9.59 Å². The number of piperidine rings is 1. The van der Waals surface area contributed by atoms with E-state index in [1.165, 1.54) is 4.68 Å². The highest BCUT2D eigenvalue weighted by molar-refractivity contribution is 6.33. The molecule has 0 aromatic carbocycles. The molecule has 25 heavy (non-hydrogen) atoms. The zero-order valence-electron chi connectivity index (χ0n) is 13.9. The number of rotatable bonds is 5. The van der Waals surface area contributed by atoms with Crippen LogP contribution in [0.5, 0.6) is 0 Å². The van der Waals surface area contributed by atoms with E-state index in [2.05, 4.69) is 10.2 Å². The summed E-state index contributed by atoms with van der Waals surface area (Å²) in [5.41, 5.74) is 1.10. The van der Waals surface area contributed by atoms with Crippen molar-refractivity contribution in [3.05, 3.63) is 34.9 Å². The first kappa shape index (κ1) is 17.5. The third kappa shape index (κ3) is 3.68. The summed E-state index contributed by atoms with van der Waals surface area (Å²) in [5.74, 6) is -1.08. The predicted molar refractivity (Wildman–Crippen MR) is 90.7 cm³/mol. The van der Waals surface area contributed by atoms with Crippen molar-refractivity contribution in [2.45, 2.75) is 38.8 Å². The molecule has 1 fully saturated rings. The smallest absolute Gasteiger partial charge is 0.325 e. The molecule has 1 amide bonds. The van der Waals surface area contributed by atoms with Crippen molar-refractivity contribution in [1.29, 1.82) is 0 Å². The van der Waals surface area contributed by atoms with Crippen molar-refractivity contribution in [3.63, 3.8) is 0 Å². The zero-order valence-corrected chi connectivity index (χ0v) is 14.7. The topological polar surface area (TPSA) is 93.2 Å². The highest BCUT2D eigenvalue weighted by Gasteiger charge is 2.30. The number of halogens is 1. The molecule has 134 valence electrons. The summed E-state index contributed by atoms with van der Waals surface area (Å²) in [6.45, 7) is 3.53. The Hall–Kier alpha value is -2.35. The minimum absolute atomic E-state index is 0.0478. The molecular weight excluding hydrogens is 346 g/mol. The van der Waals surface area contributed by atoms with Crippen molar-refractivity contribution < 1.29 is 14.7 Å². The molecule has 2 aromatic rings. The average molecular weight is 366 g/mol. The molecule has 3 rings (SSSR count). The second-order valence-corrected chi connectivity index (χ2v) is 6.49. The SMILES string of the molecule is CCn1cc(Cl)c(C(=O)N2CCC[C@H](c3ccnn3CC(=O)O)C2)n1. The second kappa shape index (κ2) is 7.26. The lowest BCUT2D eigenvalue weighted by molar-refractivity contribution is -0.137. The van der Waals surface area contributed by atoms with Crippen LogP contribution in [-0.2, 0) is 17.9 Å². The number of aromatic nitrogens is 4. The van der Waals surface area contributed by atoms with Gasteiger partial charge in [0.05, 0.1) is 5.02 Å². The summed E-state index contributed by atoms with van der Waals surface area (Å²) in [4.78, 5) is 25.5. The Balaban J connectivity index is 1.77. The number of aliphatic carboxylic acids is 1. The van der Waals surface area contributed by atoms with Gasteiger partial charge in [-0.3, -0.25) is 19.0 Å². The lowest BCUT2D eigenvalue weighted by Gasteiger charge is -2.32. The molecule has 3 heterocycles. The highest BCUT2D eigenvalue weighted by Crippen LogP contribution is 2.28. The quantitative estimate of drug-likeness (QED) is 0.872. The van der Waals surface area contributed by atoms with Crippen LogP contribution in [0.25, 0.3) is 0 Å². The van der Waals surface area contributed by atoms with Crippen molar-refractivity contribution in [2.75, 3.05) is 13.1 Å². The van der Waals surface area contributed by atoms with Gasteiger partial charge in [0.25, 0.3) is 5.91 Å². The van der Waals surface area contributed by atoms with Gasteiger partial charge in [-0.05, 0) is 25.8 Å². The first-order valence-electron chi connectivity index (χ1n) is 8.25. The van der Waals surface area contributed by atoms with Crippen LogP contribution in [0.2, 0.25) is 5.02 Å². The number of carboxylic acid groups (broad SMARTS) is 1. The fourth-order valence-electron chi connectivity index (χ4n) is 3.21. The number of hydrogen-bond acceptors (Lipinski definition) is 4. The van der Waals surface area contributed by atoms with Gasteiger partial charge in [0.1, 0.15) is 6.54 Å². The Morgan fingerprint density at radius 3 is 2.92 bits per heavy atom. The molecule has 0 saturated carbocycles. The second-order valence-electron chi connectivity index (χ2n) is 6.08. The first-order valence-corrected chi connectivity index (χ1v) is 8.63. The van der Waals surface area contributed by atoms with E-state index in [1.807, 2.05) is 13.0 Å². The Labute approximate surface area is 150 Å². The fraction of sp³-hybridized carbons (Fsp3) is 0.500. The van der Waals surface area contributed by atoms with E-state index in [0.717, 1.165) is 18.5 Å². The Kier molecular flexibility index (Phi) is 5.08. The maximum absolute atomic E-state index is 12.8. The van der Waals surface area contributed by atoms with Gasteiger partial charge >= 0.3 is 5.97 Å². The summed E-state index contributed by atoms with van der Waals surface area (Å²) in [7, 11) is 0. The fourth-order valence-corrected chi connectivity index (χ4v) is 3.44. The van der Waals surface area contributed by atoms with E-state index >= 15 is 0 Å². The lowest BCUT2D eigenvalue weighted by Crippen LogP contribution is -2.40. The van der Waals surface area contributed by atoms with Gasteiger partial charge in [-0.15, -0.1) is 0 Å². The zero-order chi connectivity index (χ0) is 18.0. The molecule has 1 aliphatic heterocycles. The molecule has 1 aliphatic rings. The van der Waals surface area contributed by atoms with Gasteiger partial charge in [-0.25, -0.2) is 0 Å². The summed E-state index contributed by atoms with van der Waals surface area (Å²) in [5, 5.41) is 17.7. The standard InChI is InChI=1S/C16H20ClN5O3/c1-2-21-9-12(17)15(19-21)16(25)20-7-3-4-11(8-20)13-5-6-18-22(13)10-14(23)24/h5-6,9,11H,2-4,7-8,10H2,1H3,(H,23,24)/t11-/m0/s1. The molecule has 9 heteroatoms. The predicted octanol–water partition coefficient (Wildman–Crippen LogP) is 1.86. The third-order valence-corrected chi connectivity index (χ3v) is 4.68. The minimum Gasteiger partial charge on any atom is -0.480 e. The van der Waals surface area contributed by atoms with Crippen molar-refractivity contribution in [1.82, 2.24) is 24.5 Å². The van der Waals surface area contributed by atoms with E-state index in [4.69, 9.17) is 16.7 Å². The Morgan fingerprint density at radius 1 is 1.44 bits per heavy atom. The number of aryl methyl sites for hydroxylation is 1. The molecule has 0 spiro atoms. The van der Waals surface area contributed by atoms with Gasteiger partial charge in [0.2, 0.25) is 0 Å². The molecule has 8 nitrogen and oxygen atoms in total. The number of nitrogens with zero attached hydrogens (tertiary/aromatic N) is 5. The van der Waals surface area contributed by atoms with Gasteiger partial charge in [0, 0.05) is 43.6 Å². The maximum atomic E-state index is 12.8. The van der Waals surface area contributed by atoms with Gasteiger partial charge in [0.15, 0.2) is 5.69 Å². The van der Waals surface area contributed by atoms with Crippen LogP contribution < -0.4 is 0 Å². The molecule has 0 unspecified atom stereocenters. The molecule has 0 bridgehead atoms. The molecule has 0 radical (unpaired) electrons. The van der Waals surface area contributed by atoms with E-state index in [-0.39, 0.29) is 24.1 Å². The number of carbonyl (C=O) groups is 2. The number of carbonyl (C=O) groups excluding carboxylic acids is 1. The van der Waals surface area contributed by atoms with E-state index in [1.54, 1.807) is 22.0 Å². The van der Waals surface area contributed by atoms with Crippen LogP contribution in [-0.4, -0.2) is 54.5 Å². The summed E-state index contributed by atoms with van der Waals surface area (Å²) in [6, 6.07) is 1.82. The number of hydrogen-bond donors (Lipinski definition) is 1. The summed E-state index contributed by atoms with van der Waals surface area (Å²) >= 11 is 6.15. The summed E-state index contributed by atoms with van der Waals surface area (Å²) in [6.07, 6.45) is 4.96. The average Bonchev–Trinajstić information content (AvgIpc) is 3.20. The van der Waals surface area contributed by atoms with E-state index < -0.39 is 5.97 Å². The lowest BCUT2D eigenvalue weighted by atomic mass is 9.94. The van der Waals surface area contributed by atoms with E-state index in [0.29, 0.717) is 24.7 Å². The number of amides is 1. The Morgan fingerprint density at radius 2 is 2.24 bits per heavy atom. The highest BCUT2D eigenvalue weighted by atomic mass is 35.5. The van der Waals surface area contributed by atoms with Crippen LogP contribution in [0.3, 0.4) is 0 Å². The Bertz CT molecular complexity index is 785. The molecular formula is C16H20ClN5O3. The monoisotopic (exact) mass is 365 g/mol. The first-order chi connectivity index (χ1) is 12.0. The van der Waals surface area contributed by atoms with Gasteiger partial charge in [-0.1, -0.05) is 11.6 Å². The number of carboxylic acids is 1. The van der Waals surface area contributed by atoms with Crippen LogP contribution in [0.4, 0.5) is 0 Å². The van der Waals surface area contributed by atoms with Crippen LogP contribution in [0.15, 0.2) is 18.5 Å². The molecule has 0 aliphatic carbocycles.